The Kier molecular flexibility index (Phi) is 3.29. The highest BCUT2D eigenvalue weighted by molar-refractivity contribution is 5.87. The van der Waals surface area contributed by atoms with Gasteiger partial charge in [0.1, 0.15) is 0 Å². The highest BCUT2D eigenvalue weighted by Gasteiger charge is 2.15. The molecule has 1 fully saturated rings. The van der Waals surface area contributed by atoms with E-state index in [1.54, 1.807) is 6.07 Å². The summed E-state index contributed by atoms with van der Waals surface area (Å²) in [6.07, 6.45) is 1.40. The van der Waals surface area contributed by atoms with Crippen LogP contribution in [0.1, 0.15) is 0 Å². The molecule has 1 saturated heterocycles. The van der Waals surface area contributed by atoms with E-state index in [9.17, 15) is 4.79 Å². The van der Waals surface area contributed by atoms with Crippen LogP contribution in [0.4, 0.5) is 11.4 Å². The Morgan fingerprint density at radius 1 is 1.30 bits per heavy atom. The molecule has 1 aromatic heterocycles. The van der Waals surface area contributed by atoms with Crippen LogP contribution in [-0.2, 0) is 0 Å². The van der Waals surface area contributed by atoms with Crippen LogP contribution in [0.2, 0.25) is 0 Å². The summed E-state index contributed by atoms with van der Waals surface area (Å²) in [5, 5.41) is 2.64. The summed E-state index contributed by atoms with van der Waals surface area (Å²) in [6, 6.07) is 3.48. The first kappa shape index (κ1) is 12.9. The average molecular weight is 274 g/mol. The van der Waals surface area contributed by atoms with Crippen molar-refractivity contribution < 1.29 is 0 Å². The van der Waals surface area contributed by atoms with Crippen LogP contribution < -0.4 is 16.7 Å². The molecule has 0 saturated carbocycles. The minimum absolute atomic E-state index is 0.173. The first-order valence-electron chi connectivity index (χ1n) is 6.60. The molecule has 2 aromatic rings. The van der Waals surface area contributed by atoms with E-state index in [1.807, 2.05) is 6.07 Å². The number of H-pyrrole nitrogens is 1. The molecule has 0 aliphatic carbocycles. The number of nitrogens with zero attached hydrogens (tertiary/aromatic N) is 3. The summed E-state index contributed by atoms with van der Waals surface area (Å²) < 4.78 is 0. The third-order valence-corrected chi connectivity index (χ3v) is 3.59. The van der Waals surface area contributed by atoms with Crippen molar-refractivity contribution in [2.45, 2.75) is 0 Å². The lowest BCUT2D eigenvalue weighted by atomic mass is 10.2. The number of nitrogens with two attached hydrogens (primary N) is 1. The number of hydrogen-bond acceptors (Lipinski definition) is 6. The minimum atomic E-state index is -0.173. The summed E-state index contributed by atoms with van der Waals surface area (Å²) in [5.41, 5.74) is 11.1. The van der Waals surface area contributed by atoms with E-state index in [0.29, 0.717) is 16.6 Å². The fraction of sp³-hybridized carbons (Fsp3) is 0.385. The number of hydrogen-bond donors (Lipinski definition) is 3. The standard InChI is InChI=1S/C13H18N6O/c1-18-2-4-19(5-3-18)17-12-7-11-9(6-10(12)14)13(20)16-8-15-11/h6-8,17H,2-5,14H2,1H3,(H,15,16,20). The molecule has 7 heteroatoms. The third-order valence-electron chi connectivity index (χ3n) is 3.59. The van der Waals surface area contributed by atoms with Crippen LogP contribution in [0, 0.1) is 0 Å². The summed E-state index contributed by atoms with van der Waals surface area (Å²) in [7, 11) is 2.11. The van der Waals surface area contributed by atoms with E-state index in [4.69, 9.17) is 5.73 Å². The van der Waals surface area contributed by atoms with Gasteiger partial charge >= 0.3 is 0 Å². The quantitative estimate of drug-likeness (QED) is 0.672. The average Bonchev–Trinajstić information content (AvgIpc) is 2.43. The highest BCUT2D eigenvalue weighted by atomic mass is 16.1. The van der Waals surface area contributed by atoms with Gasteiger partial charge in [0.05, 0.1) is 28.6 Å². The topological polar surface area (TPSA) is 90.3 Å². The zero-order valence-electron chi connectivity index (χ0n) is 11.4. The van der Waals surface area contributed by atoms with Crippen LogP contribution in [0.3, 0.4) is 0 Å². The number of anilines is 2. The molecule has 0 spiro atoms. The van der Waals surface area contributed by atoms with Crippen LogP contribution in [0.5, 0.6) is 0 Å². The molecule has 0 atom stereocenters. The van der Waals surface area contributed by atoms with Crippen LogP contribution >= 0.6 is 0 Å². The number of rotatable bonds is 2. The molecule has 1 aliphatic rings. The minimum Gasteiger partial charge on any atom is -0.397 e. The molecule has 1 aromatic carbocycles. The van der Waals surface area contributed by atoms with Crippen molar-refractivity contribution in [2.75, 3.05) is 44.4 Å². The van der Waals surface area contributed by atoms with Gasteiger partial charge in [-0.25, -0.2) is 9.99 Å². The molecule has 20 heavy (non-hydrogen) atoms. The Bertz CT molecular complexity index is 674. The first-order valence-corrected chi connectivity index (χ1v) is 6.60. The van der Waals surface area contributed by atoms with Gasteiger partial charge < -0.3 is 21.0 Å². The normalized spacial score (nSPS) is 17.4. The van der Waals surface area contributed by atoms with Gasteiger partial charge in [-0.05, 0) is 19.2 Å². The second-order valence-electron chi connectivity index (χ2n) is 5.09. The Balaban J connectivity index is 1.88. The summed E-state index contributed by atoms with van der Waals surface area (Å²) >= 11 is 0. The lowest BCUT2D eigenvalue weighted by Crippen LogP contribution is -2.47. The largest absolute Gasteiger partial charge is 0.397 e. The predicted molar refractivity (Wildman–Crippen MR) is 79.5 cm³/mol. The lowest BCUT2D eigenvalue weighted by molar-refractivity contribution is 0.179. The van der Waals surface area contributed by atoms with Crippen molar-refractivity contribution in [3.8, 4) is 0 Å². The van der Waals surface area contributed by atoms with E-state index in [1.165, 1.54) is 6.33 Å². The second kappa shape index (κ2) is 5.10. The molecule has 106 valence electrons. The van der Waals surface area contributed by atoms with Gasteiger partial charge in [0, 0.05) is 26.2 Å². The maximum Gasteiger partial charge on any atom is 0.258 e. The van der Waals surface area contributed by atoms with Gasteiger partial charge in [-0.2, -0.15) is 0 Å². The Labute approximate surface area is 116 Å². The summed E-state index contributed by atoms with van der Waals surface area (Å²) in [4.78, 5) is 20.7. The fourth-order valence-corrected chi connectivity index (χ4v) is 2.32. The summed E-state index contributed by atoms with van der Waals surface area (Å²) in [6.45, 7) is 3.88. The first-order chi connectivity index (χ1) is 9.63. The zero-order chi connectivity index (χ0) is 14.1. The maximum atomic E-state index is 11.7. The number of nitrogen functional groups attached to an aromatic ring is 1. The Morgan fingerprint density at radius 3 is 2.80 bits per heavy atom. The van der Waals surface area contributed by atoms with Gasteiger partial charge in [0.25, 0.3) is 5.56 Å². The molecule has 0 amide bonds. The number of fused-ring (bicyclic) bond motifs is 1. The van der Waals surface area contributed by atoms with E-state index in [0.717, 1.165) is 31.9 Å². The molecular formula is C13H18N6O. The molecular weight excluding hydrogens is 256 g/mol. The molecule has 0 unspecified atom stereocenters. The second-order valence-corrected chi connectivity index (χ2v) is 5.09. The molecule has 7 nitrogen and oxygen atoms in total. The van der Waals surface area contributed by atoms with Gasteiger partial charge in [0.2, 0.25) is 0 Å². The van der Waals surface area contributed by atoms with Crippen molar-refractivity contribution in [2.24, 2.45) is 0 Å². The van der Waals surface area contributed by atoms with Crippen molar-refractivity contribution in [3.63, 3.8) is 0 Å². The van der Waals surface area contributed by atoms with E-state index in [2.05, 4.69) is 32.4 Å². The molecule has 3 rings (SSSR count). The molecule has 2 heterocycles. The van der Waals surface area contributed by atoms with Crippen LogP contribution in [0.15, 0.2) is 23.3 Å². The summed E-state index contributed by atoms with van der Waals surface area (Å²) in [5.74, 6) is 0. The van der Waals surface area contributed by atoms with Gasteiger partial charge in [-0.3, -0.25) is 4.79 Å². The zero-order valence-corrected chi connectivity index (χ0v) is 11.4. The number of likely N-dealkylation sites (N-methyl/N-ethyl adjacent to an activating group) is 1. The number of hydrazine groups is 1. The number of aromatic nitrogens is 2. The number of aromatic amines is 1. The van der Waals surface area contributed by atoms with Gasteiger partial charge in [-0.1, -0.05) is 0 Å². The number of piperazine rings is 1. The SMILES string of the molecule is CN1CCN(Nc2cc3nc[nH]c(=O)c3cc2N)CC1. The highest BCUT2D eigenvalue weighted by Crippen LogP contribution is 2.23. The van der Waals surface area contributed by atoms with Gasteiger partial charge in [-0.15, -0.1) is 0 Å². The van der Waals surface area contributed by atoms with Crippen molar-refractivity contribution >= 4 is 22.3 Å². The van der Waals surface area contributed by atoms with Crippen molar-refractivity contribution in [1.82, 2.24) is 19.9 Å². The van der Waals surface area contributed by atoms with Crippen LogP contribution in [0.25, 0.3) is 10.9 Å². The molecule has 4 N–H and O–H groups in total. The lowest BCUT2D eigenvalue weighted by Gasteiger charge is -2.33. The monoisotopic (exact) mass is 274 g/mol. The Hall–Kier alpha value is -2.12. The van der Waals surface area contributed by atoms with Crippen molar-refractivity contribution in [1.29, 1.82) is 0 Å². The Morgan fingerprint density at radius 2 is 2.05 bits per heavy atom. The van der Waals surface area contributed by atoms with Crippen LogP contribution in [-0.4, -0.2) is 53.1 Å². The third kappa shape index (κ3) is 2.45. The molecule has 0 bridgehead atoms. The van der Waals surface area contributed by atoms with E-state index >= 15 is 0 Å². The number of benzene rings is 1. The van der Waals surface area contributed by atoms with E-state index < -0.39 is 0 Å². The van der Waals surface area contributed by atoms with Crippen molar-refractivity contribution in [3.05, 3.63) is 28.8 Å². The number of nitrogens with one attached hydrogen (secondary N) is 2. The molecule has 1 aliphatic heterocycles. The van der Waals surface area contributed by atoms with Gasteiger partial charge in [0.15, 0.2) is 0 Å². The van der Waals surface area contributed by atoms with E-state index in [-0.39, 0.29) is 5.56 Å². The fourth-order valence-electron chi connectivity index (χ4n) is 2.32. The molecule has 0 radical (unpaired) electrons. The maximum absolute atomic E-state index is 11.7. The smallest absolute Gasteiger partial charge is 0.258 e. The predicted octanol–water partition coefficient (Wildman–Crippen LogP) is 0.0796.